The molecule has 1 heterocycles. The molecular weight excluding hydrogens is 250 g/mol. The number of rotatable bonds is 5. The van der Waals surface area contributed by atoms with Crippen LogP contribution in [0.5, 0.6) is 0 Å². The van der Waals surface area contributed by atoms with Crippen LogP contribution >= 0.6 is 0 Å². The normalized spacial score (nSPS) is 12.7. The lowest BCUT2D eigenvalue weighted by Crippen LogP contribution is -3.00. The zero-order chi connectivity index (χ0) is 12.3. The van der Waals surface area contributed by atoms with E-state index in [0.29, 0.717) is 18.2 Å². The summed E-state index contributed by atoms with van der Waals surface area (Å²) in [4.78, 5) is 0. The topological polar surface area (TPSA) is 45.4 Å². The zero-order valence-electron chi connectivity index (χ0n) is 10.7. The summed E-state index contributed by atoms with van der Waals surface area (Å²) < 4.78 is 5.61. The largest absolute Gasteiger partial charge is 1.00 e. The minimum Gasteiger partial charge on any atom is -1.00 e. The van der Waals surface area contributed by atoms with Crippen molar-refractivity contribution in [2.24, 2.45) is 0 Å². The molecule has 1 atom stereocenters. The molecule has 0 aliphatic carbocycles. The molecule has 0 aliphatic rings. The molecule has 1 aromatic carbocycles. The number of hydrogen-bond acceptors (Lipinski definition) is 3. The van der Waals surface area contributed by atoms with E-state index >= 15 is 0 Å². The molecule has 1 aromatic heterocycles. The van der Waals surface area contributed by atoms with Crippen LogP contribution in [0.4, 0.5) is 0 Å². The Morgan fingerprint density at radius 2 is 2.00 bits per heavy atom. The first-order valence-corrected chi connectivity index (χ1v) is 6.07. The van der Waals surface area contributed by atoms with E-state index in [0.717, 1.165) is 17.5 Å². The predicted octanol–water partition coefficient (Wildman–Crippen LogP) is -0.142. The summed E-state index contributed by atoms with van der Waals surface area (Å²) >= 11 is 0. The van der Waals surface area contributed by atoms with E-state index in [1.165, 1.54) is 0 Å². The summed E-state index contributed by atoms with van der Waals surface area (Å²) in [5.74, 6) is 0.650. The Morgan fingerprint density at radius 3 is 2.67 bits per heavy atom. The number of benzene rings is 1. The SMILES string of the molecule is CC(C)NCCC(O)c1cc2ccccc2o1.[Cl-]. The quantitative estimate of drug-likeness (QED) is 0.793. The van der Waals surface area contributed by atoms with E-state index in [2.05, 4.69) is 19.2 Å². The maximum absolute atomic E-state index is 10.0. The average molecular weight is 269 g/mol. The number of halogens is 1. The van der Waals surface area contributed by atoms with Gasteiger partial charge in [-0.2, -0.15) is 0 Å². The fourth-order valence-electron chi connectivity index (χ4n) is 1.82. The Kier molecular flexibility index (Phi) is 5.66. The number of furan rings is 1. The highest BCUT2D eigenvalue weighted by molar-refractivity contribution is 5.77. The van der Waals surface area contributed by atoms with Crippen LogP contribution in [-0.4, -0.2) is 17.7 Å². The van der Waals surface area contributed by atoms with Crippen LogP contribution in [0, 0.1) is 0 Å². The fraction of sp³-hybridized carbons (Fsp3) is 0.429. The van der Waals surface area contributed by atoms with Gasteiger partial charge < -0.3 is 27.2 Å². The van der Waals surface area contributed by atoms with Gasteiger partial charge in [0.1, 0.15) is 17.4 Å². The second-order valence-electron chi connectivity index (χ2n) is 4.60. The molecule has 0 aliphatic heterocycles. The van der Waals surface area contributed by atoms with Crippen molar-refractivity contribution >= 4 is 11.0 Å². The van der Waals surface area contributed by atoms with Gasteiger partial charge in [0.15, 0.2) is 0 Å². The summed E-state index contributed by atoms with van der Waals surface area (Å²) in [5, 5.41) is 14.3. The van der Waals surface area contributed by atoms with Crippen LogP contribution in [0.2, 0.25) is 0 Å². The second kappa shape index (κ2) is 6.78. The summed E-state index contributed by atoms with van der Waals surface area (Å²) in [6.45, 7) is 4.97. The first-order chi connectivity index (χ1) is 8.16. The number of hydrogen-bond donors (Lipinski definition) is 2. The molecule has 3 nitrogen and oxygen atoms in total. The molecule has 1 unspecified atom stereocenters. The molecule has 0 fully saturated rings. The molecule has 0 spiro atoms. The van der Waals surface area contributed by atoms with Crippen LogP contribution in [-0.2, 0) is 0 Å². The number of aliphatic hydroxyl groups excluding tert-OH is 1. The van der Waals surface area contributed by atoms with E-state index < -0.39 is 6.10 Å². The smallest absolute Gasteiger partial charge is 0.134 e. The lowest BCUT2D eigenvalue weighted by atomic mass is 10.2. The monoisotopic (exact) mass is 268 g/mol. The summed E-state index contributed by atoms with van der Waals surface area (Å²) in [5.41, 5.74) is 0.832. The van der Waals surface area contributed by atoms with Crippen LogP contribution in [0.3, 0.4) is 0 Å². The highest BCUT2D eigenvalue weighted by Crippen LogP contribution is 2.25. The maximum Gasteiger partial charge on any atom is 0.134 e. The molecule has 0 saturated carbocycles. The molecule has 0 saturated heterocycles. The third-order valence-electron chi connectivity index (χ3n) is 2.74. The standard InChI is InChI=1S/C14H19NO2.ClH/c1-10(2)15-8-7-12(16)14-9-11-5-3-4-6-13(11)17-14;/h3-6,9-10,12,15-16H,7-8H2,1-2H3;1H/p-1. The van der Waals surface area contributed by atoms with Gasteiger partial charge in [-0.3, -0.25) is 0 Å². The van der Waals surface area contributed by atoms with Gasteiger partial charge in [-0.25, -0.2) is 0 Å². The highest BCUT2D eigenvalue weighted by atomic mass is 35.5. The third-order valence-corrected chi connectivity index (χ3v) is 2.74. The van der Waals surface area contributed by atoms with Gasteiger partial charge in [0.2, 0.25) is 0 Å². The molecule has 2 rings (SSSR count). The maximum atomic E-state index is 10.0. The predicted molar refractivity (Wildman–Crippen MR) is 68.9 cm³/mol. The summed E-state index contributed by atoms with van der Waals surface area (Å²) in [7, 11) is 0. The van der Waals surface area contributed by atoms with E-state index in [1.54, 1.807) is 0 Å². The van der Waals surface area contributed by atoms with Crippen molar-refractivity contribution in [3.63, 3.8) is 0 Å². The van der Waals surface area contributed by atoms with Crippen molar-refractivity contribution < 1.29 is 21.9 Å². The summed E-state index contributed by atoms with van der Waals surface area (Å²) in [6, 6.07) is 10.2. The van der Waals surface area contributed by atoms with Gasteiger partial charge in [-0.05, 0) is 25.1 Å². The zero-order valence-corrected chi connectivity index (χ0v) is 11.4. The molecule has 2 aromatic rings. The van der Waals surface area contributed by atoms with Gasteiger partial charge >= 0.3 is 0 Å². The van der Waals surface area contributed by atoms with E-state index in [-0.39, 0.29) is 12.4 Å². The minimum atomic E-state index is -0.534. The van der Waals surface area contributed by atoms with Crippen LogP contribution in [0.1, 0.15) is 32.1 Å². The molecule has 18 heavy (non-hydrogen) atoms. The minimum absolute atomic E-state index is 0. The lowest BCUT2D eigenvalue weighted by Gasteiger charge is -2.10. The Bertz CT molecular complexity index is 448. The number of aliphatic hydroxyl groups is 1. The van der Waals surface area contributed by atoms with Crippen molar-refractivity contribution in [3.8, 4) is 0 Å². The average Bonchev–Trinajstić information content (AvgIpc) is 2.71. The third kappa shape index (κ3) is 3.73. The van der Waals surface area contributed by atoms with E-state index in [4.69, 9.17) is 4.42 Å². The first-order valence-electron chi connectivity index (χ1n) is 6.07. The molecule has 2 N–H and O–H groups in total. The van der Waals surface area contributed by atoms with Gasteiger partial charge in [0.05, 0.1) is 0 Å². The highest BCUT2D eigenvalue weighted by Gasteiger charge is 2.12. The van der Waals surface area contributed by atoms with Crippen molar-refractivity contribution in [1.82, 2.24) is 5.32 Å². The number of para-hydroxylation sites is 1. The van der Waals surface area contributed by atoms with Gasteiger partial charge in [0, 0.05) is 11.4 Å². The van der Waals surface area contributed by atoms with E-state index in [1.807, 2.05) is 30.3 Å². The second-order valence-corrected chi connectivity index (χ2v) is 4.60. The van der Waals surface area contributed by atoms with Gasteiger partial charge in [0.25, 0.3) is 0 Å². The Hall–Kier alpha value is -1.03. The molecule has 0 amide bonds. The van der Waals surface area contributed by atoms with Crippen molar-refractivity contribution in [2.75, 3.05) is 6.54 Å². The van der Waals surface area contributed by atoms with Crippen molar-refractivity contribution in [1.29, 1.82) is 0 Å². The number of fused-ring (bicyclic) bond motifs is 1. The molecule has 0 radical (unpaired) electrons. The Morgan fingerprint density at radius 1 is 1.28 bits per heavy atom. The Balaban J connectivity index is 0.00000162. The molecule has 4 heteroatoms. The Labute approximate surface area is 114 Å². The van der Waals surface area contributed by atoms with Crippen LogP contribution in [0.15, 0.2) is 34.7 Å². The van der Waals surface area contributed by atoms with Gasteiger partial charge in [-0.15, -0.1) is 0 Å². The van der Waals surface area contributed by atoms with E-state index in [9.17, 15) is 5.11 Å². The number of nitrogens with one attached hydrogen (secondary N) is 1. The van der Waals surface area contributed by atoms with Crippen LogP contribution in [0.25, 0.3) is 11.0 Å². The summed E-state index contributed by atoms with van der Waals surface area (Å²) in [6.07, 6.45) is 0.131. The molecular formula is C14H19ClNO2-. The van der Waals surface area contributed by atoms with Gasteiger partial charge in [-0.1, -0.05) is 32.0 Å². The molecule has 0 bridgehead atoms. The van der Waals surface area contributed by atoms with Crippen LogP contribution < -0.4 is 17.7 Å². The lowest BCUT2D eigenvalue weighted by molar-refractivity contribution is -0.00000582. The van der Waals surface area contributed by atoms with Crippen molar-refractivity contribution in [3.05, 3.63) is 36.1 Å². The van der Waals surface area contributed by atoms with Crippen molar-refractivity contribution in [2.45, 2.75) is 32.4 Å². The molecule has 100 valence electrons. The first kappa shape index (κ1) is 15.0. The fourth-order valence-corrected chi connectivity index (χ4v) is 1.82.